The summed E-state index contributed by atoms with van der Waals surface area (Å²) in [5, 5.41) is 0. The van der Waals surface area contributed by atoms with Crippen LogP contribution in [0.15, 0.2) is 12.4 Å². The number of nitrogens with two attached hydrogens (primary N) is 1. The van der Waals surface area contributed by atoms with Crippen LogP contribution < -0.4 is 5.73 Å². The number of ether oxygens (including phenoxy) is 1. The average molecular weight is 306 g/mol. The molecule has 3 rings (SSSR count). The van der Waals surface area contributed by atoms with E-state index in [1.54, 1.807) is 17.3 Å². The molecule has 0 spiro atoms. The number of carbonyl (C=O) groups excluding carboxylic acids is 1. The van der Waals surface area contributed by atoms with Gasteiger partial charge in [-0.1, -0.05) is 0 Å². The number of thiophene rings is 1. The third kappa shape index (κ3) is 2.84. The summed E-state index contributed by atoms with van der Waals surface area (Å²) in [6.45, 7) is 2.30. The molecule has 0 radical (unpaired) electrons. The number of carbonyl (C=O) groups is 1. The number of nitrogens with zero attached hydrogens (tertiary/aromatic N) is 3. The van der Waals surface area contributed by atoms with Gasteiger partial charge in [-0.15, -0.1) is 11.3 Å². The third-order valence-corrected chi connectivity index (χ3v) is 4.87. The zero-order valence-electron chi connectivity index (χ0n) is 11.9. The first kappa shape index (κ1) is 14.2. The number of hydrogen-bond donors (Lipinski definition) is 1. The molecule has 0 bridgehead atoms. The second-order valence-corrected chi connectivity index (χ2v) is 6.30. The van der Waals surface area contributed by atoms with E-state index >= 15 is 0 Å². The van der Waals surface area contributed by atoms with Crippen molar-refractivity contribution >= 4 is 33.3 Å². The van der Waals surface area contributed by atoms with Crippen LogP contribution in [0.2, 0.25) is 0 Å². The maximum atomic E-state index is 12.6. The van der Waals surface area contributed by atoms with Gasteiger partial charge in [0.25, 0.3) is 5.91 Å². The molecule has 2 N–H and O–H groups in total. The Morgan fingerprint density at radius 3 is 2.86 bits per heavy atom. The summed E-state index contributed by atoms with van der Waals surface area (Å²) >= 11 is 1.31. The summed E-state index contributed by atoms with van der Waals surface area (Å²) in [7, 11) is 1.82. The van der Waals surface area contributed by atoms with Crippen LogP contribution in [-0.4, -0.2) is 47.6 Å². The highest BCUT2D eigenvalue weighted by Gasteiger charge is 2.23. The summed E-state index contributed by atoms with van der Waals surface area (Å²) in [6.07, 6.45) is 5.20. The number of amides is 1. The van der Waals surface area contributed by atoms with Crippen molar-refractivity contribution in [3.8, 4) is 0 Å². The Hall–Kier alpha value is -1.73. The molecular formula is C14H18N4O2S. The zero-order chi connectivity index (χ0) is 14.8. The highest BCUT2D eigenvalue weighted by atomic mass is 32.1. The van der Waals surface area contributed by atoms with Gasteiger partial charge in [0.15, 0.2) is 0 Å². The number of aromatic nitrogens is 2. The van der Waals surface area contributed by atoms with E-state index in [1.807, 2.05) is 7.05 Å². The Morgan fingerprint density at radius 2 is 2.14 bits per heavy atom. The van der Waals surface area contributed by atoms with Gasteiger partial charge < -0.3 is 15.4 Å². The third-order valence-electron chi connectivity index (χ3n) is 3.78. The molecule has 0 atom stereocenters. The highest BCUT2D eigenvalue weighted by molar-refractivity contribution is 7.21. The lowest BCUT2D eigenvalue weighted by atomic mass is 10.00. The van der Waals surface area contributed by atoms with Gasteiger partial charge in [0.1, 0.15) is 15.2 Å². The van der Waals surface area contributed by atoms with Crippen LogP contribution in [0.1, 0.15) is 22.5 Å². The van der Waals surface area contributed by atoms with E-state index in [0.717, 1.165) is 32.6 Å². The molecule has 6 nitrogen and oxygen atoms in total. The highest BCUT2D eigenvalue weighted by Crippen LogP contribution is 2.31. The van der Waals surface area contributed by atoms with E-state index < -0.39 is 0 Å². The molecule has 1 aliphatic rings. The lowest BCUT2D eigenvalue weighted by molar-refractivity contribution is 0.0499. The van der Waals surface area contributed by atoms with Gasteiger partial charge in [-0.05, 0) is 18.8 Å². The molecule has 1 saturated heterocycles. The van der Waals surface area contributed by atoms with Gasteiger partial charge >= 0.3 is 0 Å². The fraction of sp³-hybridized carbons (Fsp3) is 0.500. The number of anilines is 1. The van der Waals surface area contributed by atoms with Crippen molar-refractivity contribution < 1.29 is 9.53 Å². The molecule has 7 heteroatoms. The second kappa shape index (κ2) is 5.95. The van der Waals surface area contributed by atoms with Crippen molar-refractivity contribution in [1.82, 2.24) is 14.9 Å². The van der Waals surface area contributed by atoms with Crippen molar-refractivity contribution in [3.05, 3.63) is 17.3 Å². The summed E-state index contributed by atoms with van der Waals surface area (Å²) in [6, 6.07) is 0. The molecule has 0 unspecified atom stereocenters. The molecule has 1 aliphatic heterocycles. The van der Waals surface area contributed by atoms with Gasteiger partial charge in [-0.3, -0.25) is 4.79 Å². The Labute approximate surface area is 126 Å². The van der Waals surface area contributed by atoms with E-state index in [9.17, 15) is 4.79 Å². The molecule has 2 aromatic heterocycles. The fourth-order valence-electron chi connectivity index (χ4n) is 2.58. The maximum absolute atomic E-state index is 12.6. The first-order valence-electron chi connectivity index (χ1n) is 6.99. The predicted octanol–water partition coefficient (Wildman–Crippen LogP) is 1.77. The van der Waals surface area contributed by atoms with Crippen LogP contribution in [0.25, 0.3) is 10.3 Å². The Kier molecular flexibility index (Phi) is 4.03. The van der Waals surface area contributed by atoms with Crippen LogP contribution in [0.3, 0.4) is 0 Å². The molecule has 0 saturated carbocycles. The molecule has 0 aromatic carbocycles. The lowest BCUT2D eigenvalue weighted by Crippen LogP contribution is -2.34. The van der Waals surface area contributed by atoms with Gasteiger partial charge in [0.2, 0.25) is 0 Å². The quantitative estimate of drug-likeness (QED) is 0.934. The van der Waals surface area contributed by atoms with Crippen LogP contribution in [0.5, 0.6) is 0 Å². The largest absolute Gasteiger partial charge is 0.396 e. The van der Waals surface area contributed by atoms with Gasteiger partial charge in [-0.25, -0.2) is 9.97 Å². The first-order chi connectivity index (χ1) is 10.2. The van der Waals surface area contributed by atoms with Crippen molar-refractivity contribution in [2.24, 2.45) is 5.92 Å². The molecule has 2 aromatic rings. The van der Waals surface area contributed by atoms with Gasteiger partial charge in [0.05, 0.1) is 5.69 Å². The number of rotatable bonds is 3. The van der Waals surface area contributed by atoms with Crippen molar-refractivity contribution in [3.63, 3.8) is 0 Å². The summed E-state index contributed by atoms with van der Waals surface area (Å²) < 4.78 is 5.35. The van der Waals surface area contributed by atoms with E-state index in [1.165, 1.54) is 11.3 Å². The van der Waals surface area contributed by atoms with Crippen LogP contribution in [0, 0.1) is 5.92 Å². The van der Waals surface area contributed by atoms with Crippen molar-refractivity contribution in [2.45, 2.75) is 12.8 Å². The minimum absolute atomic E-state index is 0.0520. The molecular weight excluding hydrogens is 288 g/mol. The van der Waals surface area contributed by atoms with Crippen molar-refractivity contribution in [2.75, 3.05) is 32.5 Å². The Balaban J connectivity index is 1.77. The summed E-state index contributed by atoms with van der Waals surface area (Å²) in [4.78, 5) is 24.0. The maximum Gasteiger partial charge on any atom is 0.265 e. The zero-order valence-corrected chi connectivity index (χ0v) is 12.7. The number of fused-ring (bicyclic) bond motifs is 1. The minimum atomic E-state index is -0.0520. The average Bonchev–Trinajstić information content (AvgIpc) is 2.85. The normalized spacial score (nSPS) is 16.2. The molecule has 1 amide bonds. The standard InChI is InChI=1S/C14H18N4O2S/c1-18(8-9-2-6-20-7-3-9)14(19)12-10(15)11-13(21-12)17-5-4-16-11/h4-5,9H,2-3,6-8,15H2,1H3. The molecule has 21 heavy (non-hydrogen) atoms. The van der Waals surface area contributed by atoms with Crippen LogP contribution in [0.4, 0.5) is 5.69 Å². The molecule has 3 heterocycles. The minimum Gasteiger partial charge on any atom is -0.396 e. The summed E-state index contributed by atoms with van der Waals surface area (Å²) in [5.41, 5.74) is 7.10. The fourth-order valence-corrected chi connectivity index (χ4v) is 3.59. The van der Waals surface area contributed by atoms with Crippen LogP contribution in [-0.2, 0) is 4.74 Å². The van der Waals surface area contributed by atoms with E-state index in [-0.39, 0.29) is 5.91 Å². The molecule has 1 fully saturated rings. The smallest absolute Gasteiger partial charge is 0.265 e. The Morgan fingerprint density at radius 1 is 1.43 bits per heavy atom. The van der Waals surface area contributed by atoms with Crippen molar-refractivity contribution in [1.29, 1.82) is 0 Å². The second-order valence-electron chi connectivity index (χ2n) is 5.30. The SMILES string of the molecule is CN(CC1CCOCC1)C(=O)c1sc2nccnc2c1N. The number of hydrogen-bond acceptors (Lipinski definition) is 6. The molecule has 112 valence electrons. The van der Waals surface area contributed by atoms with Gasteiger partial charge in [-0.2, -0.15) is 0 Å². The summed E-state index contributed by atoms with van der Waals surface area (Å²) in [5.74, 6) is 0.448. The number of nitrogen functional groups attached to an aromatic ring is 1. The van der Waals surface area contributed by atoms with Crippen LogP contribution >= 0.6 is 11.3 Å². The topological polar surface area (TPSA) is 81.3 Å². The van der Waals surface area contributed by atoms with E-state index in [0.29, 0.717) is 26.8 Å². The van der Waals surface area contributed by atoms with E-state index in [4.69, 9.17) is 10.5 Å². The van der Waals surface area contributed by atoms with E-state index in [2.05, 4.69) is 9.97 Å². The predicted molar refractivity (Wildman–Crippen MR) is 82.3 cm³/mol. The lowest BCUT2D eigenvalue weighted by Gasteiger charge is -2.27. The molecule has 0 aliphatic carbocycles. The van der Waals surface area contributed by atoms with Gasteiger partial charge in [0, 0.05) is 39.2 Å². The monoisotopic (exact) mass is 306 g/mol. The Bertz CT molecular complexity index is 651. The first-order valence-corrected chi connectivity index (χ1v) is 7.80.